The van der Waals surface area contributed by atoms with Gasteiger partial charge >= 0.3 is 5.97 Å². The molecule has 0 saturated carbocycles. The molecule has 0 saturated heterocycles. The minimum atomic E-state index is -1.53. The van der Waals surface area contributed by atoms with Gasteiger partial charge in [0.05, 0.1) is 7.11 Å². The fourth-order valence-corrected chi connectivity index (χ4v) is 0.732. The summed E-state index contributed by atoms with van der Waals surface area (Å²) < 4.78 is 4.41. The number of esters is 1. The van der Waals surface area contributed by atoms with E-state index in [1.165, 1.54) is 20.1 Å². The van der Waals surface area contributed by atoms with E-state index in [9.17, 15) is 9.90 Å². The average Bonchev–Trinajstić information content (AvgIpc) is 2.11. The van der Waals surface area contributed by atoms with Crippen LogP contribution in [0.2, 0.25) is 0 Å². The zero-order valence-electron chi connectivity index (χ0n) is 8.28. The van der Waals surface area contributed by atoms with Crippen LogP contribution in [0.25, 0.3) is 0 Å². The molecule has 0 fully saturated rings. The lowest BCUT2D eigenvalue weighted by Crippen LogP contribution is -2.33. The highest BCUT2D eigenvalue weighted by Gasteiger charge is 2.27. The van der Waals surface area contributed by atoms with E-state index in [-0.39, 0.29) is 0 Å². The van der Waals surface area contributed by atoms with Gasteiger partial charge in [-0.15, -0.1) is 0 Å². The first-order chi connectivity index (χ1) is 6.04. The van der Waals surface area contributed by atoms with Gasteiger partial charge in [0.2, 0.25) is 0 Å². The lowest BCUT2D eigenvalue weighted by Gasteiger charge is -2.14. The molecule has 0 aromatic carbocycles. The van der Waals surface area contributed by atoms with E-state index in [1.807, 2.05) is 13.0 Å². The van der Waals surface area contributed by atoms with Crippen LogP contribution in [0, 0.1) is 0 Å². The molecule has 0 radical (unpaired) electrons. The van der Waals surface area contributed by atoms with E-state index in [0.717, 1.165) is 6.42 Å². The van der Waals surface area contributed by atoms with Gasteiger partial charge in [-0.25, -0.2) is 4.79 Å². The molecule has 1 atom stereocenters. The van der Waals surface area contributed by atoms with Crippen LogP contribution in [0.1, 0.15) is 20.3 Å². The van der Waals surface area contributed by atoms with Crippen LogP contribution in [-0.4, -0.2) is 23.8 Å². The maximum absolute atomic E-state index is 10.9. The summed E-state index contributed by atoms with van der Waals surface area (Å²) in [4.78, 5) is 10.9. The SMILES string of the molecule is CCC=CC=CC(C)(O)C(=O)OC. The van der Waals surface area contributed by atoms with Gasteiger partial charge in [-0.05, 0) is 19.4 Å². The molecule has 0 aliphatic carbocycles. The summed E-state index contributed by atoms with van der Waals surface area (Å²) in [5, 5.41) is 9.49. The Morgan fingerprint density at radius 3 is 2.62 bits per heavy atom. The minimum absolute atomic E-state index is 0.659. The molecule has 0 aliphatic rings. The molecule has 3 nitrogen and oxygen atoms in total. The number of aliphatic hydroxyl groups is 1. The van der Waals surface area contributed by atoms with E-state index >= 15 is 0 Å². The molecule has 0 spiro atoms. The van der Waals surface area contributed by atoms with Crippen LogP contribution >= 0.6 is 0 Å². The number of methoxy groups -OCH3 is 1. The van der Waals surface area contributed by atoms with Crippen molar-refractivity contribution in [2.75, 3.05) is 7.11 Å². The van der Waals surface area contributed by atoms with Gasteiger partial charge < -0.3 is 9.84 Å². The molecule has 0 amide bonds. The second kappa shape index (κ2) is 5.54. The third-order valence-corrected chi connectivity index (χ3v) is 1.50. The summed E-state index contributed by atoms with van der Waals surface area (Å²) in [6, 6.07) is 0. The highest BCUT2D eigenvalue weighted by Crippen LogP contribution is 2.07. The maximum Gasteiger partial charge on any atom is 0.341 e. The van der Waals surface area contributed by atoms with Crippen LogP contribution in [0.3, 0.4) is 0 Å². The summed E-state index contributed by atoms with van der Waals surface area (Å²) in [7, 11) is 1.24. The smallest absolute Gasteiger partial charge is 0.341 e. The first kappa shape index (κ1) is 11.9. The van der Waals surface area contributed by atoms with E-state index in [0.29, 0.717) is 0 Å². The van der Waals surface area contributed by atoms with Gasteiger partial charge in [-0.3, -0.25) is 0 Å². The summed E-state index contributed by atoms with van der Waals surface area (Å²) >= 11 is 0. The molecule has 0 rings (SSSR count). The van der Waals surface area contributed by atoms with Gasteiger partial charge in [0.15, 0.2) is 5.60 Å². The molecule has 1 N–H and O–H groups in total. The van der Waals surface area contributed by atoms with Crippen molar-refractivity contribution in [3.63, 3.8) is 0 Å². The van der Waals surface area contributed by atoms with E-state index in [1.54, 1.807) is 12.2 Å². The van der Waals surface area contributed by atoms with Crippen molar-refractivity contribution in [2.45, 2.75) is 25.9 Å². The molecule has 74 valence electrons. The zero-order chi connectivity index (χ0) is 10.3. The van der Waals surface area contributed by atoms with Crippen molar-refractivity contribution in [2.24, 2.45) is 0 Å². The number of hydrogen-bond donors (Lipinski definition) is 1. The Morgan fingerprint density at radius 1 is 1.54 bits per heavy atom. The second-order valence-corrected chi connectivity index (χ2v) is 2.83. The van der Waals surface area contributed by atoms with Crippen molar-refractivity contribution in [1.82, 2.24) is 0 Å². The summed E-state index contributed by atoms with van der Waals surface area (Å²) in [6.45, 7) is 3.39. The number of allylic oxidation sites excluding steroid dienone is 3. The fourth-order valence-electron chi connectivity index (χ4n) is 0.732. The molecule has 0 aliphatic heterocycles. The topological polar surface area (TPSA) is 46.5 Å². The zero-order valence-corrected chi connectivity index (χ0v) is 8.28. The Balaban J connectivity index is 4.23. The standard InChI is InChI=1S/C10H16O3/c1-4-5-6-7-8-10(2,12)9(11)13-3/h5-8,12H,4H2,1-3H3. The van der Waals surface area contributed by atoms with E-state index in [2.05, 4.69) is 4.74 Å². The van der Waals surface area contributed by atoms with E-state index in [4.69, 9.17) is 0 Å². The van der Waals surface area contributed by atoms with Crippen molar-refractivity contribution >= 4 is 5.97 Å². The Kier molecular flexibility index (Phi) is 5.07. The van der Waals surface area contributed by atoms with Crippen molar-refractivity contribution in [3.05, 3.63) is 24.3 Å². The first-order valence-electron chi connectivity index (χ1n) is 4.19. The summed E-state index contributed by atoms with van der Waals surface area (Å²) in [5.41, 5.74) is -1.53. The minimum Gasteiger partial charge on any atom is -0.467 e. The highest BCUT2D eigenvalue weighted by molar-refractivity contribution is 5.81. The van der Waals surface area contributed by atoms with E-state index < -0.39 is 11.6 Å². The van der Waals surface area contributed by atoms with Crippen molar-refractivity contribution < 1.29 is 14.6 Å². The number of carbonyl (C=O) groups is 1. The van der Waals surface area contributed by atoms with Crippen LogP contribution in [-0.2, 0) is 9.53 Å². The highest BCUT2D eigenvalue weighted by atomic mass is 16.5. The molecule has 3 heteroatoms. The molecule has 0 aromatic heterocycles. The van der Waals surface area contributed by atoms with Gasteiger partial charge in [0.25, 0.3) is 0 Å². The monoisotopic (exact) mass is 184 g/mol. The molecular weight excluding hydrogens is 168 g/mol. The fraction of sp³-hybridized carbons (Fsp3) is 0.500. The lowest BCUT2D eigenvalue weighted by molar-refractivity contribution is -0.155. The van der Waals surface area contributed by atoms with Gasteiger partial charge in [-0.1, -0.05) is 25.2 Å². The predicted octanol–water partition coefficient (Wildman–Crippen LogP) is 1.43. The Bertz CT molecular complexity index is 214. The Morgan fingerprint density at radius 2 is 2.15 bits per heavy atom. The maximum atomic E-state index is 10.9. The molecule has 13 heavy (non-hydrogen) atoms. The number of carbonyl (C=O) groups excluding carboxylic acids is 1. The largest absolute Gasteiger partial charge is 0.467 e. The lowest BCUT2D eigenvalue weighted by atomic mass is 10.1. The third kappa shape index (κ3) is 4.48. The van der Waals surface area contributed by atoms with Gasteiger partial charge in [0.1, 0.15) is 0 Å². The van der Waals surface area contributed by atoms with Crippen LogP contribution in [0.15, 0.2) is 24.3 Å². The van der Waals surface area contributed by atoms with Crippen LogP contribution in [0.5, 0.6) is 0 Å². The Hall–Kier alpha value is -1.09. The van der Waals surface area contributed by atoms with Gasteiger partial charge in [0, 0.05) is 0 Å². The molecule has 0 heterocycles. The average molecular weight is 184 g/mol. The summed E-state index contributed by atoms with van der Waals surface area (Å²) in [5.74, 6) is -0.659. The van der Waals surface area contributed by atoms with Crippen molar-refractivity contribution in [3.8, 4) is 0 Å². The molecule has 1 unspecified atom stereocenters. The number of hydrogen-bond acceptors (Lipinski definition) is 3. The third-order valence-electron chi connectivity index (χ3n) is 1.50. The number of rotatable bonds is 4. The Labute approximate surface area is 78.7 Å². The normalized spacial score (nSPS) is 16.3. The molecule has 0 aromatic rings. The van der Waals surface area contributed by atoms with Crippen LogP contribution in [0.4, 0.5) is 0 Å². The quantitative estimate of drug-likeness (QED) is 0.531. The second-order valence-electron chi connectivity index (χ2n) is 2.83. The van der Waals surface area contributed by atoms with Crippen LogP contribution < -0.4 is 0 Å². The number of ether oxygens (including phenoxy) is 1. The predicted molar refractivity (Wildman–Crippen MR) is 51.2 cm³/mol. The first-order valence-corrected chi connectivity index (χ1v) is 4.19. The van der Waals surface area contributed by atoms with Gasteiger partial charge in [-0.2, -0.15) is 0 Å². The molecular formula is C10H16O3. The molecule has 0 bridgehead atoms. The van der Waals surface area contributed by atoms with Crippen molar-refractivity contribution in [1.29, 1.82) is 0 Å². The summed E-state index contributed by atoms with van der Waals surface area (Å²) in [6.07, 6.45) is 7.64.